The van der Waals surface area contributed by atoms with E-state index in [1.807, 2.05) is 23.2 Å². The number of alkyl halides is 6. The predicted octanol–water partition coefficient (Wildman–Crippen LogP) is 8.71. The summed E-state index contributed by atoms with van der Waals surface area (Å²) in [7, 11) is 3.80. The summed E-state index contributed by atoms with van der Waals surface area (Å²) in [5.74, 6) is 2.72. The molecule has 4 aliphatic rings. The van der Waals surface area contributed by atoms with Gasteiger partial charge in [-0.25, -0.2) is 0 Å². The van der Waals surface area contributed by atoms with E-state index in [0.717, 1.165) is 122 Å². The van der Waals surface area contributed by atoms with E-state index in [-0.39, 0.29) is 22.2 Å². The normalized spacial score (nSPS) is 21.8. The second kappa shape index (κ2) is 20.6. The maximum absolute atomic E-state index is 12.8. The van der Waals surface area contributed by atoms with Gasteiger partial charge in [-0.3, -0.25) is 19.6 Å². The third-order valence-electron chi connectivity index (χ3n) is 14.5. The number of carbonyl (C=O) groups is 2. The molecule has 2 saturated carbocycles. The molecule has 4 fully saturated rings. The molecule has 2 aromatic carbocycles. The van der Waals surface area contributed by atoms with Gasteiger partial charge in [-0.2, -0.15) is 26.3 Å². The number of hydrogen-bond donors (Lipinski definition) is 2. The molecule has 0 unspecified atom stereocenters. The van der Waals surface area contributed by atoms with Crippen molar-refractivity contribution in [2.45, 2.75) is 73.0 Å². The number of halogens is 6. The zero-order valence-electron chi connectivity index (χ0n) is 39.7. The van der Waals surface area contributed by atoms with Crippen LogP contribution in [0.5, 0.6) is 0 Å². The van der Waals surface area contributed by atoms with Gasteiger partial charge in [0.05, 0.1) is 11.1 Å². The smallest absolute Gasteiger partial charge is 0.364 e. The van der Waals surface area contributed by atoms with Crippen LogP contribution >= 0.6 is 23.5 Å². The summed E-state index contributed by atoms with van der Waals surface area (Å²) in [5.41, 5.74) is 13.8. The molecule has 10 rings (SSSR count). The molecular formula is C50H54F6N12O2S2. The molecular weight excluding hydrogens is 979 g/mol. The fourth-order valence-electron chi connectivity index (χ4n) is 10.3. The number of benzene rings is 2. The highest BCUT2D eigenvalue weighted by molar-refractivity contribution is 7.99. The highest BCUT2D eigenvalue weighted by Crippen LogP contribution is 2.65. The molecule has 22 heteroatoms. The van der Waals surface area contributed by atoms with Crippen LogP contribution in [0.2, 0.25) is 0 Å². The second-order valence-electron chi connectivity index (χ2n) is 19.3. The Labute approximate surface area is 420 Å². The first kappa shape index (κ1) is 51.1. The van der Waals surface area contributed by atoms with Crippen LogP contribution < -0.4 is 11.5 Å². The number of hydrogen-bond acceptors (Lipinski definition) is 12. The van der Waals surface area contributed by atoms with Gasteiger partial charge in [-0.1, -0.05) is 47.8 Å². The first-order valence-electron chi connectivity index (χ1n) is 23.7. The Bertz CT molecular complexity index is 2680. The minimum atomic E-state index is -4.29. The molecule has 380 valence electrons. The number of aromatic nitrogens is 8. The first-order chi connectivity index (χ1) is 34.3. The standard InChI is InChI=1S/2C25H27F3N6OS/c2*1-33-22(17-5-8-20(21(29)35)30-14-17)31-32-23(33)36-12-2-10-34-11-9-24(15-34)13-19(24)16-3-6-18(7-4-16)25(26,27)28/h2*3-8,14,19H,2,9-13,15H2,1H3,(H2,29,35)/t2*19-,24-/m10/s1. The van der Waals surface area contributed by atoms with Crippen LogP contribution in [0.15, 0.2) is 95.5 Å². The molecule has 0 radical (unpaired) electrons. The van der Waals surface area contributed by atoms with Gasteiger partial charge in [0, 0.05) is 62.2 Å². The van der Waals surface area contributed by atoms with Gasteiger partial charge in [-0.15, -0.1) is 20.4 Å². The van der Waals surface area contributed by atoms with Crippen molar-refractivity contribution >= 4 is 35.3 Å². The van der Waals surface area contributed by atoms with E-state index in [4.69, 9.17) is 11.5 Å². The van der Waals surface area contributed by atoms with E-state index >= 15 is 0 Å². The van der Waals surface area contributed by atoms with Crippen molar-refractivity contribution in [3.05, 3.63) is 119 Å². The lowest BCUT2D eigenvalue weighted by molar-refractivity contribution is -0.138. The lowest BCUT2D eigenvalue weighted by Gasteiger charge is -2.16. The summed E-state index contributed by atoms with van der Waals surface area (Å²) in [6.45, 7) is 6.04. The number of nitrogens with zero attached hydrogens (tertiary/aromatic N) is 10. The Kier molecular flexibility index (Phi) is 14.6. The lowest BCUT2D eigenvalue weighted by Crippen LogP contribution is -2.23. The number of likely N-dealkylation sites (tertiary alicyclic amines) is 2. The van der Waals surface area contributed by atoms with Gasteiger partial charge >= 0.3 is 12.4 Å². The zero-order chi connectivity index (χ0) is 51.0. The molecule has 2 amide bonds. The van der Waals surface area contributed by atoms with Crippen LogP contribution in [0.25, 0.3) is 22.8 Å². The predicted molar refractivity (Wildman–Crippen MR) is 261 cm³/mol. The Morgan fingerprint density at radius 1 is 0.597 bits per heavy atom. The van der Waals surface area contributed by atoms with Crippen LogP contribution in [0.4, 0.5) is 26.3 Å². The molecule has 0 bridgehead atoms. The number of nitrogens with two attached hydrogens (primary N) is 2. The van der Waals surface area contributed by atoms with Crippen molar-refractivity contribution in [3.8, 4) is 22.8 Å². The van der Waals surface area contributed by atoms with Crippen molar-refractivity contribution in [2.24, 2.45) is 36.4 Å². The zero-order valence-corrected chi connectivity index (χ0v) is 41.3. The molecule has 4 N–H and O–H groups in total. The largest absolute Gasteiger partial charge is 0.416 e. The maximum atomic E-state index is 12.8. The van der Waals surface area contributed by atoms with E-state index in [1.54, 1.807) is 84.4 Å². The first-order valence-corrected chi connectivity index (χ1v) is 25.7. The topological polar surface area (TPSA) is 180 Å². The van der Waals surface area contributed by atoms with Crippen molar-refractivity contribution in [3.63, 3.8) is 0 Å². The van der Waals surface area contributed by atoms with Crippen LogP contribution in [-0.2, 0) is 26.4 Å². The number of primary amides is 2. The van der Waals surface area contributed by atoms with Crippen molar-refractivity contribution in [1.82, 2.24) is 49.3 Å². The molecule has 14 nitrogen and oxygen atoms in total. The molecule has 4 atom stereocenters. The van der Waals surface area contributed by atoms with Gasteiger partial charge in [0.2, 0.25) is 0 Å². The molecule has 2 saturated heterocycles. The highest BCUT2D eigenvalue weighted by atomic mass is 32.2. The van der Waals surface area contributed by atoms with Crippen LogP contribution in [0.1, 0.15) is 93.6 Å². The van der Waals surface area contributed by atoms with Gasteiger partial charge < -0.3 is 30.4 Å². The van der Waals surface area contributed by atoms with E-state index in [1.165, 1.54) is 24.3 Å². The summed E-state index contributed by atoms with van der Waals surface area (Å²) in [5, 5.41) is 18.7. The van der Waals surface area contributed by atoms with E-state index in [9.17, 15) is 35.9 Å². The van der Waals surface area contributed by atoms with Crippen LogP contribution in [0, 0.1) is 10.8 Å². The molecule has 6 heterocycles. The minimum absolute atomic E-state index is 0.205. The second-order valence-corrected chi connectivity index (χ2v) is 21.4. The van der Waals surface area contributed by atoms with Crippen molar-refractivity contribution in [1.29, 1.82) is 0 Å². The average Bonchev–Trinajstić information content (AvgIpc) is 3.89. The number of thioether (sulfide) groups is 2. The number of pyridine rings is 2. The highest BCUT2D eigenvalue weighted by Gasteiger charge is 2.58. The van der Waals surface area contributed by atoms with E-state index in [0.29, 0.717) is 23.5 Å². The van der Waals surface area contributed by atoms with Crippen molar-refractivity contribution in [2.75, 3.05) is 50.8 Å². The summed E-state index contributed by atoms with van der Waals surface area (Å²) in [6.07, 6.45) is 0.872. The van der Waals surface area contributed by atoms with E-state index in [2.05, 4.69) is 40.2 Å². The Balaban J connectivity index is 0.000000178. The third-order valence-corrected chi connectivity index (χ3v) is 16.7. The number of carbonyl (C=O) groups excluding carboxylic acids is 2. The van der Waals surface area contributed by atoms with Crippen LogP contribution in [0.3, 0.4) is 0 Å². The van der Waals surface area contributed by atoms with Crippen LogP contribution in [-0.4, -0.2) is 112 Å². The fraction of sp³-hybridized carbons (Fsp3) is 0.440. The summed E-state index contributed by atoms with van der Waals surface area (Å²) in [4.78, 5) is 35.5. The third kappa shape index (κ3) is 11.4. The number of amides is 2. The van der Waals surface area contributed by atoms with Crippen molar-refractivity contribution < 1.29 is 35.9 Å². The van der Waals surface area contributed by atoms with Gasteiger partial charge in [0.25, 0.3) is 11.8 Å². The molecule has 6 aromatic rings. The maximum Gasteiger partial charge on any atom is 0.416 e. The number of rotatable bonds is 16. The minimum Gasteiger partial charge on any atom is -0.364 e. The molecule has 72 heavy (non-hydrogen) atoms. The summed E-state index contributed by atoms with van der Waals surface area (Å²) in [6, 6.07) is 18.1. The van der Waals surface area contributed by atoms with Gasteiger partial charge in [0.15, 0.2) is 22.0 Å². The summed E-state index contributed by atoms with van der Waals surface area (Å²) < 4.78 is 80.9. The Hall–Kier alpha value is -5.84. The average molecular weight is 1030 g/mol. The monoisotopic (exact) mass is 1030 g/mol. The lowest BCUT2D eigenvalue weighted by atomic mass is 9.97. The fourth-order valence-corrected chi connectivity index (χ4v) is 12.0. The Morgan fingerprint density at radius 3 is 1.32 bits per heavy atom. The van der Waals surface area contributed by atoms with E-state index < -0.39 is 35.3 Å². The molecule has 2 spiro atoms. The van der Waals surface area contributed by atoms with Gasteiger partial charge in [0.1, 0.15) is 11.4 Å². The molecule has 2 aliphatic carbocycles. The quantitative estimate of drug-likeness (QED) is 0.0536. The molecule has 4 aromatic heterocycles. The molecule has 2 aliphatic heterocycles. The SMILES string of the molecule is Cn1c(SCCCN2CC[C@@]3(C[C@@H]3c3ccc(C(F)(F)F)cc3)C2)nnc1-c1ccc(C(N)=O)nc1.Cn1c(SCCCN2CC[C@]3(C[C@H]3c3ccc(C(F)(F)F)cc3)C2)nnc1-c1ccc(C(N)=O)nc1. The Morgan fingerprint density at radius 2 is 0.986 bits per heavy atom. The van der Waals surface area contributed by atoms with Gasteiger partial charge in [-0.05, 0) is 147 Å². The summed E-state index contributed by atoms with van der Waals surface area (Å²) >= 11 is 3.29.